The molecular formula is C21H19N3O2S. The van der Waals surface area contributed by atoms with Crippen molar-refractivity contribution in [2.24, 2.45) is 0 Å². The second kappa shape index (κ2) is 6.89. The van der Waals surface area contributed by atoms with Gasteiger partial charge in [-0.05, 0) is 19.1 Å². The molecule has 0 spiro atoms. The van der Waals surface area contributed by atoms with Crippen LogP contribution in [-0.4, -0.2) is 29.6 Å². The number of anilines is 1. The highest BCUT2D eigenvalue weighted by Gasteiger charge is 2.32. The molecule has 1 aliphatic rings. The molecule has 0 fully saturated rings. The van der Waals surface area contributed by atoms with Crippen molar-refractivity contribution in [1.29, 1.82) is 5.41 Å². The third kappa shape index (κ3) is 3.08. The minimum atomic E-state index is 0.163. The maximum Gasteiger partial charge on any atom is 0.139 e. The van der Waals surface area contributed by atoms with Gasteiger partial charge in [-0.15, -0.1) is 11.3 Å². The lowest BCUT2D eigenvalue weighted by Gasteiger charge is -2.19. The molecule has 1 aliphatic heterocycles. The molecular weight excluding hydrogens is 358 g/mol. The van der Waals surface area contributed by atoms with Crippen LogP contribution >= 0.6 is 11.3 Å². The average Bonchev–Trinajstić information content (AvgIpc) is 3.21. The number of methoxy groups -OCH3 is 1. The predicted molar refractivity (Wildman–Crippen MR) is 110 cm³/mol. The molecule has 0 aliphatic carbocycles. The number of aliphatic hydroxyl groups is 1. The third-order valence-electron chi connectivity index (χ3n) is 4.53. The number of thiazole rings is 1. The maximum absolute atomic E-state index is 10.6. The standard InChI is InChI=1S/C21H19N3O2S/c1-13-19(14-7-4-3-5-8-14)23-21(27-13)18-17(25)12-24(20(18)22)15-9-6-10-16(11-15)26-2/h3-11,22,25H,12H2,1-2H3. The van der Waals surface area contributed by atoms with Gasteiger partial charge in [-0.1, -0.05) is 36.4 Å². The van der Waals surface area contributed by atoms with Crippen molar-refractivity contribution in [3.05, 3.63) is 70.2 Å². The second-order valence-electron chi connectivity index (χ2n) is 6.25. The van der Waals surface area contributed by atoms with E-state index >= 15 is 0 Å². The fraction of sp³-hybridized carbons (Fsp3) is 0.143. The number of aryl methyl sites for hydroxylation is 1. The number of amidine groups is 1. The first kappa shape index (κ1) is 17.3. The Morgan fingerprint density at radius 2 is 1.93 bits per heavy atom. The van der Waals surface area contributed by atoms with E-state index in [1.807, 2.05) is 61.5 Å². The van der Waals surface area contributed by atoms with Gasteiger partial charge in [0.25, 0.3) is 0 Å². The molecule has 0 unspecified atom stereocenters. The molecule has 2 aromatic carbocycles. The summed E-state index contributed by atoms with van der Waals surface area (Å²) in [4.78, 5) is 7.55. The Hall–Kier alpha value is -3.12. The highest BCUT2D eigenvalue weighted by molar-refractivity contribution is 7.13. The van der Waals surface area contributed by atoms with E-state index < -0.39 is 0 Å². The van der Waals surface area contributed by atoms with Gasteiger partial charge < -0.3 is 14.7 Å². The first-order valence-corrected chi connectivity index (χ1v) is 9.36. The van der Waals surface area contributed by atoms with Crippen molar-refractivity contribution in [1.82, 2.24) is 4.98 Å². The Kier molecular flexibility index (Phi) is 4.41. The van der Waals surface area contributed by atoms with Crippen LogP contribution in [0.25, 0.3) is 16.8 Å². The van der Waals surface area contributed by atoms with Crippen LogP contribution in [0.3, 0.4) is 0 Å². The van der Waals surface area contributed by atoms with E-state index in [2.05, 4.69) is 0 Å². The molecule has 27 heavy (non-hydrogen) atoms. The molecule has 0 saturated carbocycles. The Morgan fingerprint density at radius 1 is 1.15 bits per heavy atom. The van der Waals surface area contributed by atoms with E-state index in [1.54, 1.807) is 12.0 Å². The van der Waals surface area contributed by atoms with E-state index in [9.17, 15) is 5.11 Å². The van der Waals surface area contributed by atoms with E-state index in [1.165, 1.54) is 11.3 Å². The van der Waals surface area contributed by atoms with E-state index in [-0.39, 0.29) is 18.1 Å². The van der Waals surface area contributed by atoms with Gasteiger partial charge in [0.15, 0.2) is 0 Å². The number of ether oxygens (including phenoxy) is 1. The first-order chi connectivity index (χ1) is 13.1. The van der Waals surface area contributed by atoms with Crippen molar-refractivity contribution in [2.45, 2.75) is 6.92 Å². The van der Waals surface area contributed by atoms with Crippen molar-refractivity contribution < 1.29 is 9.84 Å². The first-order valence-electron chi connectivity index (χ1n) is 8.54. The fourth-order valence-corrected chi connectivity index (χ4v) is 4.17. The van der Waals surface area contributed by atoms with Crippen LogP contribution in [-0.2, 0) is 0 Å². The topological polar surface area (TPSA) is 69.4 Å². The minimum Gasteiger partial charge on any atom is -0.510 e. The van der Waals surface area contributed by atoms with Crippen LogP contribution < -0.4 is 9.64 Å². The highest BCUT2D eigenvalue weighted by Crippen LogP contribution is 2.37. The molecule has 6 heteroatoms. The lowest BCUT2D eigenvalue weighted by atomic mass is 10.1. The van der Waals surface area contributed by atoms with Gasteiger partial charge >= 0.3 is 0 Å². The number of nitrogens with zero attached hydrogens (tertiary/aromatic N) is 2. The molecule has 2 heterocycles. The van der Waals surface area contributed by atoms with Gasteiger partial charge in [0, 0.05) is 22.2 Å². The van der Waals surface area contributed by atoms with Crippen LogP contribution in [0.15, 0.2) is 60.4 Å². The molecule has 1 aromatic heterocycles. The van der Waals surface area contributed by atoms with Crippen molar-refractivity contribution in [3.8, 4) is 17.0 Å². The van der Waals surface area contributed by atoms with Gasteiger partial charge in [0.05, 0.1) is 24.9 Å². The smallest absolute Gasteiger partial charge is 0.139 e. The summed E-state index contributed by atoms with van der Waals surface area (Å²) in [6.07, 6.45) is 0. The van der Waals surface area contributed by atoms with E-state index in [4.69, 9.17) is 15.1 Å². The van der Waals surface area contributed by atoms with Crippen LogP contribution in [0.5, 0.6) is 5.75 Å². The number of aliphatic hydroxyl groups excluding tert-OH is 1. The van der Waals surface area contributed by atoms with Crippen LogP contribution in [0.2, 0.25) is 0 Å². The van der Waals surface area contributed by atoms with Crippen LogP contribution in [0.1, 0.15) is 9.88 Å². The summed E-state index contributed by atoms with van der Waals surface area (Å²) in [6, 6.07) is 17.4. The zero-order valence-electron chi connectivity index (χ0n) is 15.1. The summed E-state index contributed by atoms with van der Waals surface area (Å²) in [6.45, 7) is 2.26. The number of benzene rings is 2. The predicted octanol–water partition coefficient (Wildman–Crippen LogP) is 4.89. The summed E-state index contributed by atoms with van der Waals surface area (Å²) >= 11 is 1.50. The minimum absolute atomic E-state index is 0.163. The molecule has 2 N–H and O–H groups in total. The molecule has 0 bridgehead atoms. The molecule has 4 rings (SSSR count). The largest absolute Gasteiger partial charge is 0.510 e. The highest BCUT2D eigenvalue weighted by atomic mass is 32.1. The molecule has 5 nitrogen and oxygen atoms in total. The van der Waals surface area contributed by atoms with Crippen molar-refractivity contribution in [3.63, 3.8) is 0 Å². The Balaban J connectivity index is 1.68. The molecule has 0 saturated heterocycles. The second-order valence-corrected chi connectivity index (χ2v) is 7.45. The molecule has 0 amide bonds. The Labute approximate surface area is 161 Å². The summed E-state index contributed by atoms with van der Waals surface area (Å²) in [5, 5.41) is 19.9. The average molecular weight is 377 g/mol. The Morgan fingerprint density at radius 3 is 2.67 bits per heavy atom. The fourth-order valence-electron chi connectivity index (χ4n) is 3.17. The zero-order chi connectivity index (χ0) is 19.0. The van der Waals surface area contributed by atoms with Gasteiger partial charge in [0.1, 0.15) is 22.4 Å². The van der Waals surface area contributed by atoms with E-state index in [0.717, 1.165) is 21.8 Å². The number of aromatic nitrogens is 1. The van der Waals surface area contributed by atoms with E-state index in [0.29, 0.717) is 16.3 Å². The monoisotopic (exact) mass is 377 g/mol. The molecule has 0 radical (unpaired) electrons. The summed E-state index contributed by atoms with van der Waals surface area (Å²) in [5.74, 6) is 1.12. The molecule has 3 aromatic rings. The number of nitrogens with one attached hydrogen (secondary N) is 1. The van der Waals surface area contributed by atoms with Gasteiger partial charge in [0.2, 0.25) is 0 Å². The third-order valence-corrected chi connectivity index (χ3v) is 5.51. The van der Waals surface area contributed by atoms with Gasteiger partial charge in [-0.25, -0.2) is 4.98 Å². The molecule has 136 valence electrons. The molecule has 0 atom stereocenters. The van der Waals surface area contributed by atoms with Crippen molar-refractivity contribution >= 4 is 28.4 Å². The number of hydrogen-bond donors (Lipinski definition) is 2. The summed E-state index contributed by atoms with van der Waals surface area (Å²) < 4.78 is 5.27. The van der Waals surface area contributed by atoms with Gasteiger partial charge in [-0.3, -0.25) is 5.41 Å². The normalized spacial score (nSPS) is 14.1. The summed E-state index contributed by atoms with van der Waals surface area (Å²) in [5.41, 5.74) is 3.22. The lowest BCUT2D eigenvalue weighted by Crippen LogP contribution is -2.25. The SMILES string of the molecule is COc1cccc(N2CC(O)=C(c3nc(-c4ccccc4)c(C)s3)C2=N)c1. The lowest BCUT2D eigenvalue weighted by molar-refractivity contribution is 0.410. The Bertz CT molecular complexity index is 1040. The van der Waals surface area contributed by atoms with Crippen LogP contribution in [0, 0.1) is 12.3 Å². The zero-order valence-corrected chi connectivity index (χ0v) is 15.9. The number of hydrogen-bond acceptors (Lipinski definition) is 5. The quantitative estimate of drug-likeness (QED) is 0.679. The van der Waals surface area contributed by atoms with Crippen LogP contribution in [0.4, 0.5) is 5.69 Å². The number of rotatable bonds is 4. The summed E-state index contributed by atoms with van der Waals surface area (Å²) in [7, 11) is 1.61. The van der Waals surface area contributed by atoms with Crippen molar-refractivity contribution in [2.75, 3.05) is 18.6 Å². The maximum atomic E-state index is 10.6. The van der Waals surface area contributed by atoms with Gasteiger partial charge in [-0.2, -0.15) is 0 Å².